The van der Waals surface area contributed by atoms with Gasteiger partial charge in [0, 0.05) is 60.3 Å². The van der Waals surface area contributed by atoms with E-state index in [1.54, 1.807) is 37.3 Å². The van der Waals surface area contributed by atoms with Gasteiger partial charge in [-0.3, -0.25) is 4.79 Å². The first-order valence-corrected chi connectivity index (χ1v) is 15.0. The molecule has 1 aromatic heterocycles. The lowest BCUT2D eigenvalue weighted by molar-refractivity contribution is 0.0953. The quantitative estimate of drug-likeness (QED) is 0.228. The molecule has 1 unspecified atom stereocenters. The van der Waals surface area contributed by atoms with Gasteiger partial charge in [0.2, 0.25) is 0 Å². The van der Waals surface area contributed by atoms with Crippen LogP contribution in [0.4, 0.5) is 17.2 Å². The summed E-state index contributed by atoms with van der Waals surface area (Å²) in [5.41, 5.74) is 2.98. The predicted molar refractivity (Wildman–Crippen MR) is 167 cm³/mol. The fourth-order valence-corrected chi connectivity index (χ4v) is 6.14. The number of nitrogens with one attached hydrogen (secondary N) is 3. The molecule has 1 saturated heterocycles. The maximum absolute atomic E-state index is 12.6. The van der Waals surface area contributed by atoms with Crippen molar-refractivity contribution < 1.29 is 14.3 Å². The number of hydrogen-bond acceptors (Lipinski definition) is 10. The summed E-state index contributed by atoms with van der Waals surface area (Å²) in [4.78, 5) is 27.5. The molecule has 2 aliphatic rings. The molecule has 11 heteroatoms. The molecule has 4 aromatic rings. The van der Waals surface area contributed by atoms with E-state index in [0.717, 1.165) is 66.3 Å². The summed E-state index contributed by atoms with van der Waals surface area (Å²) in [6, 6.07) is 19.1. The lowest BCUT2D eigenvalue weighted by Gasteiger charge is -2.32. The van der Waals surface area contributed by atoms with Gasteiger partial charge < -0.3 is 35.2 Å². The smallest absolute Gasteiger partial charge is 0.253 e. The summed E-state index contributed by atoms with van der Waals surface area (Å²) in [7, 11) is 3.82. The third-order valence-electron chi connectivity index (χ3n) is 7.47. The molecule has 6 rings (SSSR count). The number of ether oxygens (including phenoxy) is 2. The van der Waals surface area contributed by atoms with Crippen molar-refractivity contribution in [1.29, 1.82) is 0 Å². The van der Waals surface area contributed by atoms with Crippen LogP contribution in [0.2, 0.25) is 0 Å². The molecule has 218 valence electrons. The number of likely N-dealkylation sites (N-methyl/N-ethyl adjacent to an activating group) is 1. The van der Waals surface area contributed by atoms with Gasteiger partial charge in [0.25, 0.3) is 5.91 Å². The Labute approximate surface area is 249 Å². The fourth-order valence-electron chi connectivity index (χ4n) is 5.09. The van der Waals surface area contributed by atoms with Gasteiger partial charge in [-0.05, 0) is 49.9 Å². The molecule has 10 nitrogen and oxygen atoms in total. The van der Waals surface area contributed by atoms with Gasteiger partial charge in [-0.2, -0.15) is 0 Å². The molecule has 1 fully saturated rings. The van der Waals surface area contributed by atoms with E-state index in [1.807, 2.05) is 48.5 Å². The van der Waals surface area contributed by atoms with Gasteiger partial charge in [-0.25, -0.2) is 9.97 Å². The third-order valence-corrected chi connectivity index (χ3v) is 8.53. The van der Waals surface area contributed by atoms with E-state index in [4.69, 9.17) is 9.47 Å². The highest BCUT2D eigenvalue weighted by atomic mass is 32.2. The van der Waals surface area contributed by atoms with Crippen molar-refractivity contribution in [3.05, 3.63) is 72.6 Å². The van der Waals surface area contributed by atoms with Gasteiger partial charge in [-0.1, -0.05) is 30.0 Å². The summed E-state index contributed by atoms with van der Waals surface area (Å²) in [6.45, 7) is 6.07. The molecule has 42 heavy (non-hydrogen) atoms. The van der Waals surface area contributed by atoms with Crippen LogP contribution in [0.15, 0.2) is 71.9 Å². The van der Waals surface area contributed by atoms with E-state index < -0.39 is 0 Å². The lowest BCUT2D eigenvalue weighted by atomic mass is 10.2. The van der Waals surface area contributed by atoms with Crippen molar-refractivity contribution >= 4 is 45.8 Å². The standard InChI is InChI=1S/C31H35N7O3S/c1-37-12-14-38(15-13-37)11-6-16-41-27-19-25-23(18-26(27)40-2)29(33-20-32-25)34-22-9-10-24-28(17-22)42-31(35-24)36-30(39)21-7-4-3-5-8-21/h3-5,7-10,17-20,31,35H,6,11-16H2,1-2H3,(H,36,39)(H,32,33,34). The highest BCUT2D eigenvalue weighted by Crippen LogP contribution is 2.40. The summed E-state index contributed by atoms with van der Waals surface area (Å²) in [5.74, 6) is 1.87. The fraction of sp³-hybridized carbons (Fsp3) is 0.323. The Balaban J connectivity index is 1.10. The maximum Gasteiger partial charge on any atom is 0.253 e. The molecule has 0 bridgehead atoms. The third kappa shape index (κ3) is 6.53. The highest BCUT2D eigenvalue weighted by Gasteiger charge is 2.24. The van der Waals surface area contributed by atoms with E-state index in [2.05, 4.69) is 42.8 Å². The number of fused-ring (bicyclic) bond motifs is 2. The van der Waals surface area contributed by atoms with E-state index in [9.17, 15) is 4.79 Å². The molecular formula is C31H35N7O3S. The second-order valence-corrected chi connectivity index (χ2v) is 11.6. The second-order valence-electron chi connectivity index (χ2n) is 10.4. The summed E-state index contributed by atoms with van der Waals surface area (Å²) >= 11 is 1.56. The first kappa shape index (κ1) is 28.1. The maximum atomic E-state index is 12.6. The number of carbonyl (C=O) groups is 1. The zero-order chi connectivity index (χ0) is 28.9. The van der Waals surface area contributed by atoms with Gasteiger partial charge in [0.1, 0.15) is 12.1 Å². The number of hydrogen-bond donors (Lipinski definition) is 3. The van der Waals surface area contributed by atoms with Crippen LogP contribution >= 0.6 is 11.8 Å². The monoisotopic (exact) mass is 585 g/mol. The van der Waals surface area contributed by atoms with Crippen molar-refractivity contribution in [2.45, 2.75) is 16.8 Å². The predicted octanol–water partition coefficient (Wildman–Crippen LogP) is 4.63. The van der Waals surface area contributed by atoms with E-state index >= 15 is 0 Å². The van der Waals surface area contributed by atoms with Crippen LogP contribution in [0.3, 0.4) is 0 Å². The largest absolute Gasteiger partial charge is 0.493 e. The molecule has 2 aliphatic heterocycles. The molecule has 3 N–H and O–H groups in total. The molecule has 1 atom stereocenters. The SMILES string of the molecule is COc1cc2c(Nc3ccc4c(c3)SC(NC(=O)c3ccccc3)N4)ncnc2cc1OCCCN1CCN(C)CC1. The Kier molecular flexibility index (Phi) is 8.59. The Morgan fingerprint density at radius 1 is 1.05 bits per heavy atom. The van der Waals surface area contributed by atoms with Gasteiger partial charge >= 0.3 is 0 Å². The van der Waals surface area contributed by atoms with Crippen LogP contribution in [0.5, 0.6) is 11.5 Å². The number of anilines is 3. The molecule has 3 heterocycles. The molecular weight excluding hydrogens is 550 g/mol. The van der Waals surface area contributed by atoms with Crippen LogP contribution in [-0.2, 0) is 0 Å². The van der Waals surface area contributed by atoms with E-state index in [0.29, 0.717) is 29.5 Å². The minimum Gasteiger partial charge on any atom is -0.493 e. The summed E-state index contributed by atoms with van der Waals surface area (Å²) in [5, 5.41) is 10.7. The molecule has 0 aliphatic carbocycles. The van der Waals surface area contributed by atoms with Crippen LogP contribution in [0.25, 0.3) is 10.9 Å². The number of methoxy groups -OCH3 is 1. The van der Waals surface area contributed by atoms with Gasteiger partial charge in [0.15, 0.2) is 17.0 Å². The average molecular weight is 586 g/mol. The first-order chi connectivity index (χ1) is 20.6. The van der Waals surface area contributed by atoms with Crippen LogP contribution in [-0.4, -0.2) is 84.7 Å². The zero-order valence-electron chi connectivity index (χ0n) is 23.8. The molecule has 0 radical (unpaired) electrons. The van der Waals surface area contributed by atoms with E-state index in [1.165, 1.54) is 0 Å². The van der Waals surface area contributed by atoms with Crippen molar-refractivity contribution in [3.8, 4) is 11.5 Å². The molecule has 1 amide bonds. The summed E-state index contributed by atoms with van der Waals surface area (Å²) in [6.07, 6.45) is 2.50. The Hall–Kier alpha value is -4.06. The number of rotatable bonds is 10. The number of nitrogens with zero attached hydrogens (tertiary/aromatic N) is 4. The van der Waals surface area contributed by atoms with Crippen molar-refractivity contribution in [2.24, 2.45) is 0 Å². The molecule has 0 saturated carbocycles. The van der Waals surface area contributed by atoms with Crippen LogP contribution in [0.1, 0.15) is 16.8 Å². The number of benzene rings is 3. The Morgan fingerprint density at radius 3 is 2.69 bits per heavy atom. The highest BCUT2D eigenvalue weighted by molar-refractivity contribution is 8.00. The molecule has 3 aromatic carbocycles. The minimum absolute atomic E-state index is 0.119. The van der Waals surface area contributed by atoms with Crippen molar-refractivity contribution in [1.82, 2.24) is 25.1 Å². The Bertz CT molecular complexity index is 1550. The minimum atomic E-state index is -0.257. The summed E-state index contributed by atoms with van der Waals surface area (Å²) < 4.78 is 11.8. The number of carbonyl (C=O) groups excluding carboxylic acids is 1. The van der Waals surface area contributed by atoms with Crippen LogP contribution < -0.4 is 25.4 Å². The van der Waals surface area contributed by atoms with Gasteiger partial charge in [0.05, 0.1) is 24.9 Å². The second kappa shape index (κ2) is 12.8. The number of aromatic nitrogens is 2. The topological polar surface area (TPSA) is 104 Å². The number of piperazine rings is 1. The first-order valence-electron chi connectivity index (χ1n) is 14.1. The number of amides is 1. The zero-order valence-corrected chi connectivity index (χ0v) is 24.6. The van der Waals surface area contributed by atoms with E-state index in [-0.39, 0.29) is 11.4 Å². The normalized spacial score (nSPS) is 17.0. The average Bonchev–Trinajstić information content (AvgIpc) is 3.42. The van der Waals surface area contributed by atoms with Crippen LogP contribution in [0, 0.1) is 0 Å². The van der Waals surface area contributed by atoms with Crippen molar-refractivity contribution in [3.63, 3.8) is 0 Å². The van der Waals surface area contributed by atoms with Gasteiger partial charge in [-0.15, -0.1) is 0 Å². The Morgan fingerprint density at radius 2 is 1.88 bits per heavy atom. The lowest BCUT2D eigenvalue weighted by Crippen LogP contribution is -2.44. The van der Waals surface area contributed by atoms with Crippen molar-refractivity contribution in [2.75, 3.05) is 64.1 Å². The molecule has 0 spiro atoms. The number of thioether (sulfide) groups is 1.